The smallest absolute Gasteiger partial charge is 0.306 e. The van der Waals surface area contributed by atoms with E-state index in [0.717, 1.165) is 57.8 Å². The number of likely N-dealkylation sites (N-methyl/N-ethyl adjacent to an activating group) is 1. The first-order chi connectivity index (χ1) is 31.6. The Morgan fingerprint density at radius 1 is 0.477 bits per heavy atom. The summed E-state index contributed by atoms with van der Waals surface area (Å²) in [6.45, 7) is 4.59. The number of ether oxygens (including phenoxy) is 4. The molecule has 9 heteroatoms. The lowest BCUT2D eigenvalue weighted by Crippen LogP contribution is -2.44. The predicted octanol–water partition coefficient (Wildman–Crippen LogP) is 13.6. The third kappa shape index (κ3) is 48.7. The summed E-state index contributed by atoms with van der Waals surface area (Å²) in [5, 5.41) is 11.7. The Balaban J connectivity index is 4.28. The molecule has 0 aliphatic carbocycles. The van der Waals surface area contributed by atoms with Crippen LogP contribution in [-0.4, -0.2) is 82.3 Å². The minimum absolute atomic E-state index is 0.138. The van der Waals surface area contributed by atoms with Gasteiger partial charge in [-0.05, 0) is 77.0 Å². The molecule has 0 bridgehead atoms. The Hall–Kier alpha value is -3.01. The molecule has 0 N–H and O–H groups in total. The lowest BCUT2D eigenvalue weighted by atomic mass is 10.0. The van der Waals surface area contributed by atoms with Crippen molar-refractivity contribution in [1.82, 2.24) is 0 Å². The molecule has 0 saturated heterocycles. The van der Waals surface area contributed by atoms with Crippen molar-refractivity contribution in [3.63, 3.8) is 0 Å². The zero-order chi connectivity index (χ0) is 47.7. The first-order valence-electron chi connectivity index (χ1n) is 26.4. The topological polar surface area (TPSA) is 111 Å². The quantitative estimate of drug-likeness (QED) is 0.0195. The summed E-state index contributed by atoms with van der Waals surface area (Å²) in [6.07, 6.45) is 55.6. The van der Waals surface area contributed by atoms with Gasteiger partial charge in [-0.2, -0.15) is 0 Å². The number of esters is 2. The van der Waals surface area contributed by atoms with Gasteiger partial charge in [0.1, 0.15) is 13.2 Å². The molecule has 0 fully saturated rings. The van der Waals surface area contributed by atoms with E-state index in [2.05, 4.69) is 74.6 Å². The number of hydrogen-bond donors (Lipinski definition) is 0. The van der Waals surface area contributed by atoms with Gasteiger partial charge in [0.25, 0.3) is 0 Å². The third-order valence-corrected chi connectivity index (χ3v) is 11.2. The lowest BCUT2D eigenvalue weighted by molar-refractivity contribution is -0.870. The Morgan fingerprint density at radius 3 is 1.35 bits per heavy atom. The van der Waals surface area contributed by atoms with Crippen LogP contribution in [0.5, 0.6) is 0 Å². The maximum Gasteiger partial charge on any atom is 0.306 e. The van der Waals surface area contributed by atoms with Gasteiger partial charge < -0.3 is 33.3 Å². The molecule has 0 aromatic carbocycles. The first-order valence-corrected chi connectivity index (χ1v) is 26.4. The molecule has 2 atom stereocenters. The third-order valence-electron chi connectivity index (χ3n) is 11.2. The van der Waals surface area contributed by atoms with Crippen molar-refractivity contribution in [3.8, 4) is 0 Å². The largest absolute Gasteiger partial charge is 0.545 e. The molecule has 65 heavy (non-hydrogen) atoms. The van der Waals surface area contributed by atoms with Crippen LogP contribution in [0.4, 0.5) is 0 Å². The second-order valence-corrected chi connectivity index (χ2v) is 18.8. The van der Waals surface area contributed by atoms with Gasteiger partial charge in [-0.25, -0.2) is 0 Å². The number of carboxylic acids is 1. The van der Waals surface area contributed by atoms with E-state index in [0.29, 0.717) is 17.4 Å². The van der Waals surface area contributed by atoms with Gasteiger partial charge in [0, 0.05) is 12.8 Å². The molecule has 376 valence electrons. The van der Waals surface area contributed by atoms with Crippen LogP contribution in [0.15, 0.2) is 60.8 Å². The van der Waals surface area contributed by atoms with Crippen LogP contribution in [-0.2, 0) is 33.3 Å². The van der Waals surface area contributed by atoms with Gasteiger partial charge in [-0.15, -0.1) is 0 Å². The van der Waals surface area contributed by atoms with Gasteiger partial charge >= 0.3 is 11.9 Å². The molecule has 0 heterocycles. The van der Waals surface area contributed by atoms with Crippen LogP contribution in [0.1, 0.15) is 219 Å². The number of nitrogens with zero attached hydrogens (tertiary/aromatic N) is 1. The van der Waals surface area contributed by atoms with Crippen molar-refractivity contribution in [1.29, 1.82) is 0 Å². The van der Waals surface area contributed by atoms with Crippen LogP contribution < -0.4 is 5.11 Å². The monoisotopic (exact) mass is 914 g/mol. The molecule has 0 radical (unpaired) electrons. The maximum absolute atomic E-state index is 12.8. The Morgan fingerprint density at radius 2 is 0.877 bits per heavy atom. The second kappa shape index (κ2) is 47.5. The lowest BCUT2D eigenvalue weighted by Gasteiger charge is -2.26. The predicted molar refractivity (Wildman–Crippen MR) is 269 cm³/mol. The zero-order valence-corrected chi connectivity index (χ0v) is 42.6. The van der Waals surface area contributed by atoms with Crippen molar-refractivity contribution in [2.24, 2.45) is 0 Å². The van der Waals surface area contributed by atoms with Crippen molar-refractivity contribution in [2.45, 2.75) is 232 Å². The molecular weight excluding hydrogens is 815 g/mol. The number of aliphatic carboxylic acids is 1. The van der Waals surface area contributed by atoms with Crippen LogP contribution >= 0.6 is 0 Å². The summed E-state index contributed by atoms with van der Waals surface area (Å²) in [7, 11) is 5.90. The van der Waals surface area contributed by atoms with E-state index >= 15 is 0 Å². The van der Waals surface area contributed by atoms with Crippen molar-refractivity contribution in [2.75, 3.05) is 47.5 Å². The fraction of sp³-hybridized carbons (Fsp3) is 0.768. The van der Waals surface area contributed by atoms with Crippen LogP contribution in [0, 0.1) is 0 Å². The highest BCUT2D eigenvalue weighted by Gasteiger charge is 2.21. The van der Waals surface area contributed by atoms with Crippen molar-refractivity contribution < 1.29 is 42.9 Å². The SMILES string of the molecule is CC/C=C\C/C=C\C/C=C\C/C=C\CCCCC(=O)OC(COC(=O)CCCCCCCCCCCCCCC/C=C\CCCCCCCCCC)COC(OCC[N+](C)(C)C)C(=O)[O-]. The molecule has 2 unspecified atom stereocenters. The number of carboxylic acid groups (broad SMARTS) is 1. The molecule has 0 aromatic rings. The van der Waals surface area contributed by atoms with Gasteiger partial charge in [0.05, 0.1) is 40.3 Å². The highest BCUT2D eigenvalue weighted by atomic mass is 16.7. The standard InChI is InChI=1S/C56H99NO8/c1-6-8-10-12-14-16-18-20-22-23-24-25-26-27-28-29-30-31-33-34-36-38-40-42-44-46-53(58)63-50-52(51-64-56(55(60)61)62-49-48-57(3,4)5)65-54(59)47-45-43-41-39-37-35-32-21-19-17-15-13-11-9-7-2/h9,11,15,17,21,23-24,32,37,39,52,56H,6-8,10,12-14,16,18-20,22,25-31,33-36,38,40-51H2,1-5H3/b11-9-,17-15-,24-23-,32-21-,39-37-. The summed E-state index contributed by atoms with van der Waals surface area (Å²) < 4.78 is 22.6. The molecular formula is C56H99NO8. The minimum Gasteiger partial charge on any atom is -0.545 e. The van der Waals surface area contributed by atoms with Gasteiger partial charge in [0.2, 0.25) is 0 Å². The number of carbonyl (C=O) groups excluding carboxylic acids is 3. The number of quaternary nitrogens is 1. The number of hydrogen-bond acceptors (Lipinski definition) is 8. The maximum atomic E-state index is 12.8. The average molecular weight is 914 g/mol. The van der Waals surface area contributed by atoms with Gasteiger partial charge in [-0.1, -0.05) is 190 Å². The van der Waals surface area contributed by atoms with Gasteiger partial charge in [0.15, 0.2) is 12.4 Å². The Labute approximate surface area is 399 Å². The summed E-state index contributed by atoms with van der Waals surface area (Å²) in [5.41, 5.74) is 0. The average Bonchev–Trinajstić information content (AvgIpc) is 3.27. The summed E-state index contributed by atoms with van der Waals surface area (Å²) in [4.78, 5) is 37.1. The number of allylic oxidation sites excluding steroid dienone is 10. The molecule has 0 spiro atoms. The highest BCUT2D eigenvalue weighted by Crippen LogP contribution is 2.15. The molecule has 0 aliphatic rings. The van der Waals surface area contributed by atoms with Crippen LogP contribution in [0.2, 0.25) is 0 Å². The summed E-state index contributed by atoms with van der Waals surface area (Å²) in [6, 6.07) is 0. The first kappa shape index (κ1) is 62.0. The number of rotatable bonds is 48. The molecule has 9 nitrogen and oxygen atoms in total. The van der Waals surface area contributed by atoms with Crippen LogP contribution in [0.25, 0.3) is 0 Å². The minimum atomic E-state index is -1.63. The Bertz CT molecular complexity index is 1250. The Kier molecular flexibility index (Phi) is 45.3. The highest BCUT2D eigenvalue weighted by molar-refractivity contribution is 5.70. The summed E-state index contributed by atoms with van der Waals surface area (Å²) in [5.74, 6) is -2.34. The molecule has 0 aromatic heterocycles. The van der Waals surface area contributed by atoms with E-state index in [-0.39, 0.29) is 38.6 Å². The van der Waals surface area contributed by atoms with Gasteiger partial charge in [-0.3, -0.25) is 9.59 Å². The molecule has 0 amide bonds. The zero-order valence-electron chi connectivity index (χ0n) is 42.6. The number of unbranched alkanes of at least 4 members (excludes halogenated alkanes) is 23. The molecule has 0 saturated carbocycles. The van der Waals surface area contributed by atoms with E-state index in [4.69, 9.17) is 18.9 Å². The van der Waals surface area contributed by atoms with E-state index in [9.17, 15) is 19.5 Å². The van der Waals surface area contributed by atoms with E-state index in [1.165, 1.54) is 128 Å². The van der Waals surface area contributed by atoms with E-state index in [1.807, 2.05) is 21.1 Å². The normalized spacial score (nSPS) is 13.3. The molecule has 0 aliphatic heterocycles. The number of carbonyl (C=O) groups is 3. The fourth-order valence-electron chi connectivity index (χ4n) is 7.17. The second-order valence-electron chi connectivity index (χ2n) is 18.8. The molecule has 0 rings (SSSR count). The van der Waals surface area contributed by atoms with Crippen molar-refractivity contribution in [3.05, 3.63) is 60.8 Å². The van der Waals surface area contributed by atoms with E-state index in [1.54, 1.807) is 0 Å². The van der Waals surface area contributed by atoms with Crippen molar-refractivity contribution >= 4 is 17.9 Å². The van der Waals surface area contributed by atoms with E-state index < -0.39 is 24.3 Å². The van der Waals surface area contributed by atoms with Crippen LogP contribution in [0.3, 0.4) is 0 Å². The summed E-state index contributed by atoms with van der Waals surface area (Å²) >= 11 is 0. The fourth-order valence-corrected chi connectivity index (χ4v) is 7.17.